The number of carbonyl (C=O) groups excluding carboxylic acids is 1. The maximum Gasteiger partial charge on any atom is 0.454 e. The van der Waals surface area contributed by atoms with Crippen LogP contribution in [0, 0.1) is 0 Å². The smallest absolute Gasteiger partial charge is 0.284 e. The van der Waals surface area contributed by atoms with Crippen molar-refractivity contribution in [3.63, 3.8) is 0 Å². The topological polar surface area (TPSA) is 17.1 Å². The van der Waals surface area contributed by atoms with Crippen LogP contribution in [0.2, 0.25) is 0 Å². The molecule has 0 radical (unpaired) electrons. The normalized spacial score (nSPS) is 11.7. The van der Waals surface area contributed by atoms with Crippen LogP contribution in [0.1, 0.15) is 61.0 Å². The van der Waals surface area contributed by atoms with Gasteiger partial charge in [0, 0.05) is 5.56 Å². The Hall–Kier alpha value is -1.32. The van der Waals surface area contributed by atoms with Gasteiger partial charge in [-0.05, 0) is 48.9 Å². The number of hydrogen-bond acceptors (Lipinski definition) is 1. The molecule has 4 heteroatoms. The molecular weight excluding hydrogens is 265 g/mol. The average Bonchev–Trinajstić information content (AvgIpc) is 2.40. The van der Waals surface area contributed by atoms with E-state index in [9.17, 15) is 18.0 Å². The first kappa shape index (κ1) is 16.7. The quantitative estimate of drug-likeness (QED) is 0.636. The monoisotopic (exact) mass is 286 g/mol. The minimum atomic E-state index is -4.80. The summed E-state index contributed by atoms with van der Waals surface area (Å²) in [5.74, 6) is -1.74. The van der Waals surface area contributed by atoms with Crippen molar-refractivity contribution in [3.8, 4) is 0 Å². The Bertz CT molecular complexity index is 423. The third-order valence-electron chi connectivity index (χ3n) is 3.21. The van der Waals surface area contributed by atoms with E-state index in [1.807, 2.05) is 19.9 Å². The Labute approximate surface area is 118 Å². The van der Waals surface area contributed by atoms with E-state index in [1.165, 1.54) is 12.1 Å². The van der Waals surface area contributed by atoms with Crippen LogP contribution in [0.25, 0.3) is 0 Å². The van der Waals surface area contributed by atoms with E-state index < -0.39 is 12.0 Å². The maximum atomic E-state index is 12.6. The molecule has 0 unspecified atom stereocenters. The van der Waals surface area contributed by atoms with Crippen molar-refractivity contribution in [1.29, 1.82) is 0 Å². The molecule has 0 fully saturated rings. The molecule has 1 aromatic rings. The zero-order valence-corrected chi connectivity index (χ0v) is 12.0. The molecule has 1 aromatic carbocycles. The van der Waals surface area contributed by atoms with E-state index in [1.54, 1.807) is 0 Å². The predicted molar refractivity (Wildman–Crippen MR) is 74.1 cm³/mol. The van der Waals surface area contributed by atoms with Gasteiger partial charge in [-0.15, -0.1) is 0 Å². The molecule has 0 atom stereocenters. The first-order valence-corrected chi connectivity index (χ1v) is 7.12. The number of alkyl halides is 3. The van der Waals surface area contributed by atoms with Crippen LogP contribution in [0.3, 0.4) is 0 Å². The van der Waals surface area contributed by atoms with Gasteiger partial charge in [-0.1, -0.05) is 32.8 Å². The number of ketones is 1. The van der Waals surface area contributed by atoms with E-state index >= 15 is 0 Å². The summed E-state index contributed by atoms with van der Waals surface area (Å²) >= 11 is 0. The van der Waals surface area contributed by atoms with E-state index in [0.29, 0.717) is 12.8 Å². The summed E-state index contributed by atoms with van der Waals surface area (Å²) in [6.45, 7) is 4.06. The van der Waals surface area contributed by atoms with Gasteiger partial charge in [-0.3, -0.25) is 4.79 Å². The number of Topliss-reactive ketones (excluding diaryl/α,β-unsaturated/α-hetero) is 1. The molecule has 1 nitrogen and oxygen atoms in total. The lowest BCUT2D eigenvalue weighted by atomic mass is 9.97. The van der Waals surface area contributed by atoms with E-state index in [2.05, 4.69) is 0 Å². The maximum absolute atomic E-state index is 12.6. The predicted octanol–water partition coefficient (Wildman–Crippen LogP) is 5.12. The van der Waals surface area contributed by atoms with Gasteiger partial charge in [0.1, 0.15) is 0 Å². The Morgan fingerprint density at radius 2 is 1.40 bits per heavy atom. The molecule has 0 aliphatic heterocycles. The summed E-state index contributed by atoms with van der Waals surface area (Å²) in [5, 5.41) is 0. The van der Waals surface area contributed by atoms with Crippen LogP contribution in [0.15, 0.2) is 18.2 Å². The Morgan fingerprint density at radius 3 is 1.75 bits per heavy atom. The summed E-state index contributed by atoms with van der Waals surface area (Å²) in [7, 11) is 0. The molecule has 0 spiro atoms. The minimum Gasteiger partial charge on any atom is -0.284 e. The van der Waals surface area contributed by atoms with Crippen LogP contribution in [-0.4, -0.2) is 12.0 Å². The molecule has 0 heterocycles. The minimum absolute atomic E-state index is 0.225. The van der Waals surface area contributed by atoms with Crippen LogP contribution in [-0.2, 0) is 12.8 Å². The van der Waals surface area contributed by atoms with E-state index in [0.717, 1.165) is 36.8 Å². The van der Waals surface area contributed by atoms with Gasteiger partial charge in [-0.25, -0.2) is 0 Å². The Kier molecular flexibility index (Phi) is 6.24. The second-order valence-corrected chi connectivity index (χ2v) is 5.07. The lowest BCUT2D eigenvalue weighted by molar-refractivity contribution is -0.0885. The van der Waals surface area contributed by atoms with Gasteiger partial charge in [0.15, 0.2) is 0 Å². The first-order chi connectivity index (χ1) is 9.38. The van der Waals surface area contributed by atoms with Crippen molar-refractivity contribution < 1.29 is 18.0 Å². The number of hydrogen-bond donors (Lipinski definition) is 0. The van der Waals surface area contributed by atoms with Gasteiger partial charge in [0.05, 0.1) is 0 Å². The third-order valence-corrected chi connectivity index (χ3v) is 3.21. The fourth-order valence-corrected chi connectivity index (χ4v) is 2.11. The third kappa shape index (κ3) is 4.99. The van der Waals surface area contributed by atoms with Gasteiger partial charge < -0.3 is 0 Å². The van der Waals surface area contributed by atoms with Crippen molar-refractivity contribution in [3.05, 3.63) is 34.9 Å². The van der Waals surface area contributed by atoms with Crippen molar-refractivity contribution in [2.45, 2.75) is 58.5 Å². The Balaban J connectivity index is 3.05. The fraction of sp³-hybridized carbons (Fsp3) is 0.562. The molecule has 0 N–H and O–H groups in total. The zero-order chi connectivity index (χ0) is 15.2. The molecule has 1 rings (SSSR count). The zero-order valence-electron chi connectivity index (χ0n) is 12.0. The van der Waals surface area contributed by atoms with Gasteiger partial charge in [0.2, 0.25) is 0 Å². The highest BCUT2D eigenvalue weighted by Crippen LogP contribution is 2.24. The summed E-state index contributed by atoms with van der Waals surface area (Å²) in [5.41, 5.74) is 1.43. The second-order valence-electron chi connectivity index (χ2n) is 5.07. The summed E-state index contributed by atoms with van der Waals surface area (Å²) in [6, 6.07) is 4.71. The van der Waals surface area contributed by atoms with Crippen LogP contribution in [0.5, 0.6) is 0 Å². The number of carbonyl (C=O) groups is 1. The Morgan fingerprint density at radius 1 is 0.950 bits per heavy atom. The van der Waals surface area contributed by atoms with Crippen molar-refractivity contribution in [2.24, 2.45) is 0 Å². The number of halogens is 3. The average molecular weight is 286 g/mol. The van der Waals surface area contributed by atoms with Crippen molar-refractivity contribution >= 4 is 5.78 Å². The molecule has 0 amide bonds. The SMILES string of the molecule is CCCCc1cc(CCCC)cc(C(=O)C(F)(F)F)c1. The number of unbranched alkanes of at least 4 members (excludes halogenated alkanes) is 2. The molecule has 0 aliphatic rings. The summed E-state index contributed by atoms with van der Waals surface area (Å²) in [4.78, 5) is 11.4. The molecule has 112 valence electrons. The van der Waals surface area contributed by atoms with Gasteiger partial charge in [-0.2, -0.15) is 13.2 Å². The van der Waals surface area contributed by atoms with Crippen molar-refractivity contribution in [1.82, 2.24) is 0 Å². The van der Waals surface area contributed by atoms with E-state index in [4.69, 9.17) is 0 Å². The highest BCUT2D eigenvalue weighted by atomic mass is 19.4. The highest BCUT2D eigenvalue weighted by Gasteiger charge is 2.39. The van der Waals surface area contributed by atoms with E-state index in [-0.39, 0.29) is 5.56 Å². The number of aryl methyl sites for hydroxylation is 2. The van der Waals surface area contributed by atoms with Gasteiger partial charge in [0.25, 0.3) is 5.78 Å². The van der Waals surface area contributed by atoms with Crippen LogP contribution in [0.4, 0.5) is 13.2 Å². The lowest BCUT2D eigenvalue weighted by Gasteiger charge is -2.10. The first-order valence-electron chi connectivity index (χ1n) is 7.12. The summed E-state index contributed by atoms with van der Waals surface area (Å²) < 4.78 is 37.7. The highest BCUT2D eigenvalue weighted by molar-refractivity contribution is 6.00. The molecule has 0 aliphatic carbocycles. The molecule has 0 saturated carbocycles. The fourth-order valence-electron chi connectivity index (χ4n) is 2.11. The second kappa shape index (κ2) is 7.46. The number of rotatable bonds is 7. The number of benzene rings is 1. The standard InChI is InChI=1S/C16H21F3O/c1-3-5-7-12-9-13(8-6-4-2)11-14(10-12)15(20)16(17,18)19/h9-11H,3-8H2,1-2H3. The lowest BCUT2D eigenvalue weighted by Crippen LogP contribution is -2.23. The van der Waals surface area contributed by atoms with Crippen LogP contribution < -0.4 is 0 Å². The van der Waals surface area contributed by atoms with Crippen LogP contribution >= 0.6 is 0 Å². The molecule has 20 heavy (non-hydrogen) atoms. The molecule has 0 aromatic heterocycles. The molecule has 0 saturated heterocycles. The summed E-state index contributed by atoms with van der Waals surface area (Å²) in [6.07, 6.45) is 0.409. The molecular formula is C16H21F3O. The van der Waals surface area contributed by atoms with Crippen molar-refractivity contribution in [2.75, 3.05) is 0 Å². The largest absolute Gasteiger partial charge is 0.454 e. The molecule has 0 bridgehead atoms. The van der Waals surface area contributed by atoms with Gasteiger partial charge >= 0.3 is 6.18 Å².